The number of hydrogen-bond acceptors (Lipinski definition) is 4. The standard InChI is InChI=1S/C9H11BrClN3O2/c1-16-7(3-12)9(15)14-6-2-5(10)4-13-8(6)11/h2,4,7H,3,12H2,1H3,(H,14,15). The summed E-state index contributed by atoms with van der Waals surface area (Å²) in [5.74, 6) is -0.355. The predicted octanol–water partition coefficient (Wildman–Crippen LogP) is 1.41. The van der Waals surface area contributed by atoms with E-state index in [4.69, 9.17) is 22.1 Å². The average molecular weight is 309 g/mol. The van der Waals surface area contributed by atoms with Gasteiger partial charge in [-0.2, -0.15) is 0 Å². The zero-order chi connectivity index (χ0) is 12.1. The number of pyridine rings is 1. The lowest BCUT2D eigenvalue weighted by Gasteiger charge is -2.13. The van der Waals surface area contributed by atoms with Gasteiger partial charge in [0.05, 0.1) is 5.69 Å². The van der Waals surface area contributed by atoms with Gasteiger partial charge in [-0.1, -0.05) is 11.6 Å². The number of carbonyl (C=O) groups is 1. The van der Waals surface area contributed by atoms with E-state index >= 15 is 0 Å². The topological polar surface area (TPSA) is 77.2 Å². The number of nitrogens with zero attached hydrogens (tertiary/aromatic N) is 1. The second-order valence-corrected chi connectivity index (χ2v) is 4.21. The SMILES string of the molecule is COC(CN)C(=O)Nc1cc(Br)cnc1Cl. The first-order chi connectivity index (χ1) is 7.58. The maximum atomic E-state index is 11.6. The summed E-state index contributed by atoms with van der Waals surface area (Å²) in [7, 11) is 1.41. The van der Waals surface area contributed by atoms with Crippen molar-refractivity contribution < 1.29 is 9.53 Å². The van der Waals surface area contributed by atoms with Gasteiger partial charge in [0, 0.05) is 24.3 Å². The summed E-state index contributed by atoms with van der Waals surface area (Å²) < 4.78 is 5.61. The van der Waals surface area contributed by atoms with E-state index in [1.54, 1.807) is 6.07 Å². The van der Waals surface area contributed by atoms with Gasteiger partial charge >= 0.3 is 0 Å². The van der Waals surface area contributed by atoms with Gasteiger partial charge in [0.2, 0.25) is 0 Å². The Kier molecular flexibility index (Phi) is 5.14. The van der Waals surface area contributed by atoms with Crippen LogP contribution in [0.3, 0.4) is 0 Å². The van der Waals surface area contributed by atoms with Crippen LogP contribution in [0.1, 0.15) is 0 Å². The van der Waals surface area contributed by atoms with Crippen molar-refractivity contribution in [2.75, 3.05) is 19.0 Å². The normalized spacial score (nSPS) is 12.2. The van der Waals surface area contributed by atoms with Crippen LogP contribution in [-0.2, 0) is 9.53 Å². The fourth-order valence-corrected chi connectivity index (χ4v) is 1.52. The lowest BCUT2D eigenvalue weighted by Crippen LogP contribution is -2.36. The largest absolute Gasteiger partial charge is 0.370 e. The average Bonchev–Trinajstić information content (AvgIpc) is 2.25. The lowest BCUT2D eigenvalue weighted by molar-refractivity contribution is -0.125. The van der Waals surface area contributed by atoms with E-state index in [-0.39, 0.29) is 17.6 Å². The van der Waals surface area contributed by atoms with Crippen molar-refractivity contribution in [2.45, 2.75) is 6.10 Å². The fraction of sp³-hybridized carbons (Fsp3) is 0.333. The summed E-state index contributed by atoms with van der Waals surface area (Å²) in [6.07, 6.45) is 0.837. The molecule has 0 saturated carbocycles. The number of anilines is 1. The summed E-state index contributed by atoms with van der Waals surface area (Å²) in [6.45, 7) is 0.0986. The molecule has 1 unspecified atom stereocenters. The van der Waals surface area contributed by atoms with Crippen molar-refractivity contribution in [2.24, 2.45) is 5.73 Å². The monoisotopic (exact) mass is 307 g/mol. The van der Waals surface area contributed by atoms with Crippen molar-refractivity contribution in [3.63, 3.8) is 0 Å². The molecule has 1 amide bonds. The predicted molar refractivity (Wildman–Crippen MR) is 65.4 cm³/mol. The fourth-order valence-electron chi connectivity index (χ4n) is 1.03. The van der Waals surface area contributed by atoms with Gasteiger partial charge in [0.25, 0.3) is 5.91 Å². The van der Waals surface area contributed by atoms with E-state index < -0.39 is 6.10 Å². The molecular formula is C9H11BrClN3O2. The van der Waals surface area contributed by atoms with Crippen molar-refractivity contribution in [1.29, 1.82) is 0 Å². The molecule has 3 N–H and O–H groups in total. The Labute approximate surface area is 106 Å². The molecule has 0 aliphatic rings. The van der Waals surface area contributed by atoms with Gasteiger partial charge in [-0.3, -0.25) is 4.79 Å². The summed E-state index contributed by atoms with van der Waals surface area (Å²) in [4.78, 5) is 15.5. The molecule has 1 heterocycles. The molecule has 1 rings (SSSR count). The van der Waals surface area contributed by atoms with Crippen molar-refractivity contribution in [3.8, 4) is 0 Å². The zero-order valence-electron chi connectivity index (χ0n) is 8.54. The number of hydrogen-bond donors (Lipinski definition) is 2. The molecule has 0 aromatic carbocycles. The Morgan fingerprint density at radius 2 is 2.50 bits per heavy atom. The van der Waals surface area contributed by atoms with E-state index in [0.29, 0.717) is 10.2 Å². The smallest absolute Gasteiger partial charge is 0.254 e. The minimum absolute atomic E-state index is 0.0986. The Bertz CT molecular complexity index is 385. The molecule has 1 aromatic heterocycles. The molecule has 1 aromatic rings. The van der Waals surface area contributed by atoms with Gasteiger partial charge in [-0.05, 0) is 22.0 Å². The Hall–Kier alpha value is -0.690. The first-order valence-corrected chi connectivity index (χ1v) is 5.60. The lowest BCUT2D eigenvalue weighted by atomic mass is 10.3. The van der Waals surface area contributed by atoms with Gasteiger partial charge < -0.3 is 15.8 Å². The van der Waals surface area contributed by atoms with Gasteiger partial charge in [0.1, 0.15) is 6.10 Å². The second kappa shape index (κ2) is 6.15. The molecule has 0 spiro atoms. The molecule has 0 aliphatic heterocycles. The first-order valence-electron chi connectivity index (χ1n) is 4.43. The number of carbonyl (C=O) groups excluding carboxylic acids is 1. The van der Waals surface area contributed by atoms with Gasteiger partial charge in [-0.15, -0.1) is 0 Å². The molecule has 0 aliphatic carbocycles. The van der Waals surface area contributed by atoms with Crippen LogP contribution in [0.5, 0.6) is 0 Å². The van der Waals surface area contributed by atoms with Crippen LogP contribution in [0.25, 0.3) is 0 Å². The molecule has 1 atom stereocenters. The summed E-state index contributed by atoms with van der Waals surface area (Å²) >= 11 is 9.04. The number of halogens is 2. The van der Waals surface area contributed by atoms with Crippen LogP contribution in [-0.4, -0.2) is 30.6 Å². The molecule has 0 fully saturated rings. The highest BCUT2D eigenvalue weighted by Crippen LogP contribution is 2.23. The first kappa shape index (κ1) is 13.4. The minimum Gasteiger partial charge on any atom is -0.370 e. The van der Waals surface area contributed by atoms with E-state index in [1.807, 2.05) is 0 Å². The number of methoxy groups -OCH3 is 1. The molecule has 7 heteroatoms. The third-order valence-corrected chi connectivity index (χ3v) is 2.59. The number of nitrogens with two attached hydrogens (primary N) is 1. The van der Waals surface area contributed by atoms with Crippen LogP contribution in [0, 0.1) is 0 Å². The summed E-state index contributed by atoms with van der Waals surface area (Å²) in [5.41, 5.74) is 5.78. The number of ether oxygens (including phenoxy) is 1. The van der Waals surface area contributed by atoms with Crippen LogP contribution >= 0.6 is 27.5 Å². The highest BCUT2D eigenvalue weighted by molar-refractivity contribution is 9.10. The number of nitrogens with one attached hydrogen (secondary N) is 1. The van der Waals surface area contributed by atoms with Crippen LogP contribution < -0.4 is 11.1 Å². The van der Waals surface area contributed by atoms with Crippen molar-refractivity contribution >= 4 is 39.1 Å². The third-order valence-electron chi connectivity index (χ3n) is 1.85. The third kappa shape index (κ3) is 3.41. The quantitative estimate of drug-likeness (QED) is 0.825. The maximum Gasteiger partial charge on any atom is 0.254 e. The highest BCUT2D eigenvalue weighted by atomic mass is 79.9. The molecule has 16 heavy (non-hydrogen) atoms. The molecule has 0 saturated heterocycles. The summed E-state index contributed by atoms with van der Waals surface area (Å²) in [5, 5.41) is 2.80. The molecular weight excluding hydrogens is 297 g/mol. The van der Waals surface area contributed by atoms with Crippen molar-refractivity contribution in [3.05, 3.63) is 21.9 Å². The van der Waals surface area contributed by atoms with E-state index in [0.717, 1.165) is 0 Å². The number of aromatic nitrogens is 1. The maximum absolute atomic E-state index is 11.6. The number of amides is 1. The molecule has 0 bridgehead atoms. The van der Waals surface area contributed by atoms with Crippen LogP contribution in [0.15, 0.2) is 16.7 Å². The van der Waals surface area contributed by atoms with E-state index in [9.17, 15) is 4.79 Å². The molecule has 5 nitrogen and oxygen atoms in total. The van der Waals surface area contributed by atoms with Gasteiger partial charge in [-0.25, -0.2) is 4.98 Å². The van der Waals surface area contributed by atoms with Crippen LogP contribution in [0.2, 0.25) is 5.15 Å². The van der Waals surface area contributed by atoms with Crippen molar-refractivity contribution in [1.82, 2.24) is 4.98 Å². The second-order valence-electron chi connectivity index (χ2n) is 2.94. The van der Waals surface area contributed by atoms with E-state index in [1.165, 1.54) is 13.3 Å². The Morgan fingerprint density at radius 3 is 3.06 bits per heavy atom. The molecule has 88 valence electrons. The van der Waals surface area contributed by atoms with E-state index in [2.05, 4.69) is 26.2 Å². The number of rotatable bonds is 4. The highest BCUT2D eigenvalue weighted by Gasteiger charge is 2.17. The Balaban J connectivity index is 2.80. The minimum atomic E-state index is -0.699. The zero-order valence-corrected chi connectivity index (χ0v) is 10.9. The van der Waals surface area contributed by atoms with Crippen LogP contribution in [0.4, 0.5) is 5.69 Å². The summed E-state index contributed by atoms with van der Waals surface area (Å²) in [6, 6.07) is 1.65. The van der Waals surface area contributed by atoms with Gasteiger partial charge in [0.15, 0.2) is 5.15 Å². The Morgan fingerprint density at radius 1 is 1.81 bits per heavy atom. The molecule has 0 radical (unpaired) electrons.